The number of hydrogen-bond donors (Lipinski definition) is 2. The van der Waals surface area contributed by atoms with Gasteiger partial charge < -0.3 is 24.8 Å². The molecule has 10 nitrogen and oxygen atoms in total. The van der Waals surface area contributed by atoms with E-state index >= 15 is 0 Å². The molecule has 0 aromatic heterocycles. The van der Waals surface area contributed by atoms with E-state index in [4.69, 9.17) is 9.47 Å². The third-order valence-electron chi connectivity index (χ3n) is 4.38. The van der Waals surface area contributed by atoms with E-state index in [1.165, 1.54) is 17.0 Å². The van der Waals surface area contributed by atoms with Crippen molar-refractivity contribution in [1.82, 2.24) is 4.90 Å². The van der Waals surface area contributed by atoms with Gasteiger partial charge in [-0.05, 0) is 27.2 Å². The molecule has 148 valence electrons. The van der Waals surface area contributed by atoms with E-state index in [9.17, 15) is 24.8 Å². The molecule has 1 saturated heterocycles. The third kappa shape index (κ3) is 4.39. The highest BCUT2D eigenvalue weighted by molar-refractivity contribution is 5.93. The number of carbonyl (C=O) groups excluding carboxylic acids is 1. The van der Waals surface area contributed by atoms with Gasteiger partial charge in [0, 0.05) is 19.2 Å². The fourth-order valence-electron chi connectivity index (χ4n) is 2.84. The molecule has 0 aliphatic carbocycles. The third-order valence-corrected chi connectivity index (χ3v) is 4.38. The van der Waals surface area contributed by atoms with Crippen LogP contribution in [0.5, 0.6) is 11.5 Å². The topological polar surface area (TPSA) is 131 Å². The van der Waals surface area contributed by atoms with Gasteiger partial charge in [-0.2, -0.15) is 0 Å². The van der Waals surface area contributed by atoms with E-state index in [0.29, 0.717) is 19.6 Å². The minimum atomic E-state index is -1.03. The summed E-state index contributed by atoms with van der Waals surface area (Å²) >= 11 is 0. The number of carboxylic acid groups (broad SMARTS) is 1. The zero-order chi connectivity index (χ0) is 20.2. The average Bonchev–Trinajstić information content (AvgIpc) is 3.01. The molecule has 2 amide bonds. The van der Waals surface area contributed by atoms with Crippen LogP contribution in [-0.2, 0) is 4.79 Å². The Bertz CT molecular complexity index is 752. The van der Waals surface area contributed by atoms with Crippen molar-refractivity contribution in [2.75, 3.05) is 31.6 Å². The summed E-state index contributed by atoms with van der Waals surface area (Å²) in [5, 5.41) is 23.2. The molecule has 0 radical (unpaired) electrons. The second-order valence-corrected chi connectivity index (χ2v) is 6.41. The van der Waals surface area contributed by atoms with E-state index in [-0.39, 0.29) is 36.0 Å². The van der Waals surface area contributed by atoms with Gasteiger partial charge >= 0.3 is 12.0 Å². The number of ether oxygens (including phenoxy) is 2. The van der Waals surface area contributed by atoms with Gasteiger partial charge in [0.05, 0.1) is 29.6 Å². The lowest BCUT2D eigenvalue weighted by Gasteiger charge is -2.21. The summed E-state index contributed by atoms with van der Waals surface area (Å²) < 4.78 is 10.8. The molecule has 27 heavy (non-hydrogen) atoms. The number of amides is 2. The average molecular weight is 381 g/mol. The van der Waals surface area contributed by atoms with Crippen LogP contribution in [0.4, 0.5) is 16.2 Å². The summed E-state index contributed by atoms with van der Waals surface area (Å²) in [5.74, 6) is -0.496. The number of nitro benzene ring substituents is 1. The van der Waals surface area contributed by atoms with Gasteiger partial charge in [0.25, 0.3) is 5.69 Å². The maximum absolute atomic E-state index is 12.5. The predicted octanol–water partition coefficient (Wildman–Crippen LogP) is 2.72. The van der Waals surface area contributed by atoms with Gasteiger partial charge in [-0.1, -0.05) is 0 Å². The standard InChI is InChI=1S/C17H23N3O7/c1-4-26-13-8-11(12(20(24)25)9-14(13)27-5-2)18-16(23)19-7-6-17(3,10-19)15(21)22/h8-9H,4-7,10H2,1-3H3,(H,18,23)(H,21,22). The number of likely N-dealkylation sites (tertiary alicyclic amines) is 1. The second kappa shape index (κ2) is 8.11. The number of urea groups is 1. The van der Waals surface area contributed by atoms with E-state index in [1.54, 1.807) is 20.8 Å². The van der Waals surface area contributed by atoms with Crippen molar-refractivity contribution in [3.8, 4) is 11.5 Å². The highest BCUT2D eigenvalue weighted by atomic mass is 16.6. The molecular formula is C17H23N3O7. The number of hydrogen-bond acceptors (Lipinski definition) is 6. The summed E-state index contributed by atoms with van der Waals surface area (Å²) in [4.78, 5) is 35.9. The number of rotatable bonds is 7. The van der Waals surface area contributed by atoms with E-state index in [0.717, 1.165) is 0 Å². The van der Waals surface area contributed by atoms with Crippen LogP contribution in [0.25, 0.3) is 0 Å². The summed E-state index contributed by atoms with van der Waals surface area (Å²) in [6.45, 7) is 5.94. The first-order valence-corrected chi connectivity index (χ1v) is 8.59. The number of nitrogens with zero attached hydrogens (tertiary/aromatic N) is 2. The number of anilines is 1. The predicted molar refractivity (Wildman–Crippen MR) is 96.4 cm³/mol. The van der Waals surface area contributed by atoms with Gasteiger partial charge in [0.1, 0.15) is 5.69 Å². The fourth-order valence-corrected chi connectivity index (χ4v) is 2.84. The molecule has 1 atom stereocenters. The van der Waals surface area contributed by atoms with Crippen molar-refractivity contribution < 1.29 is 29.1 Å². The van der Waals surface area contributed by atoms with Gasteiger partial charge in [0.2, 0.25) is 0 Å². The van der Waals surface area contributed by atoms with Crippen LogP contribution < -0.4 is 14.8 Å². The monoisotopic (exact) mass is 381 g/mol. The van der Waals surface area contributed by atoms with Crippen LogP contribution in [0.1, 0.15) is 27.2 Å². The molecule has 1 aliphatic rings. The first kappa shape index (κ1) is 20.3. The molecule has 2 rings (SSSR count). The largest absolute Gasteiger partial charge is 0.490 e. The van der Waals surface area contributed by atoms with Gasteiger partial charge in [0.15, 0.2) is 11.5 Å². The molecule has 0 saturated carbocycles. The molecule has 1 aliphatic heterocycles. The van der Waals surface area contributed by atoms with Crippen molar-refractivity contribution >= 4 is 23.4 Å². The zero-order valence-corrected chi connectivity index (χ0v) is 15.5. The molecular weight excluding hydrogens is 358 g/mol. The Labute approximate surface area is 156 Å². The molecule has 1 heterocycles. The van der Waals surface area contributed by atoms with Crippen molar-refractivity contribution in [1.29, 1.82) is 0 Å². The van der Waals surface area contributed by atoms with Crippen LogP contribution in [0.15, 0.2) is 12.1 Å². The van der Waals surface area contributed by atoms with E-state index in [2.05, 4.69) is 5.32 Å². The summed E-state index contributed by atoms with van der Waals surface area (Å²) in [5.41, 5.74) is -1.41. The smallest absolute Gasteiger partial charge is 0.322 e. The highest BCUT2D eigenvalue weighted by Crippen LogP contribution is 2.38. The number of nitro groups is 1. The lowest BCUT2D eigenvalue weighted by Crippen LogP contribution is -2.37. The van der Waals surface area contributed by atoms with Crippen molar-refractivity contribution in [2.24, 2.45) is 5.41 Å². The van der Waals surface area contributed by atoms with Crippen molar-refractivity contribution in [2.45, 2.75) is 27.2 Å². The number of carboxylic acids is 1. The molecule has 0 spiro atoms. The van der Waals surface area contributed by atoms with Crippen LogP contribution in [0.3, 0.4) is 0 Å². The highest BCUT2D eigenvalue weighted by Gasteiger charge is 2.42. The summed E-state index contributed by atoms with van der Waals surface area (Å²) in [6.07, 6.45) is 0.311. The second-order valence-electron chi connectivity index (χ2n) is 6.41. The Kier molecular flexibility index (Phi) is 6.09. The first-order chi connectivity index (χ1) is 12.7. The van der Waals surface area contributed by atoms with Crippen molar-refractivity contribution in [3.63, 3.8) is 0 Å². The molecule has 1 aromatic carbocycles. The number of carbonyl (C=O) groups is 2. The van der Waals surface area contributed by atoms with Crippen LogP contribution in [0, 0.1) is 15.5 Å². The lowest BCUT2D eigenvalue weighted by molar-refractivity contribution is -0.384. The van der Waals surface area contributed by atoms with E-state index in [1.807, 2.05) is 0 Å². The molecule has 0 bridgehead atoms. The SMILES string of the molecule is CCOc1cc(NC(=O)N2CCC(C)(C(=O)O)C2)c([N+](=O)[O-])cc1OCC. The fraction of sp³-hybridized carbons (Fsp3) is 0.529. The number of aliphatic carboxylic acids is 1. The number of nitrogens with one attached hydrogen (secondary N) is 1. The van der Waals surface area contributed by atoms with Gasteiger partial charge in [-0.3, -0.25) is 14.9 Å². The van der Waals surface area contributed by atoms with Gasteiger partial charge in [-0.15, -0.1) is 0 Å². The van der Waals surface area contributed by atoms with Crippen LogP contribution in [0.2, 0.25) is 0 Å². The Morgan fingerprint density at radius 1 is 1.30 bits per heavy atom. The Hall–Kier alpha value is -3.04. The maximum atomic E-state index is 12.5. The first-order valence-electron chi connectivity index (χ1n) is 8.59. The van der Waals surface area contributed by atoms with Crippen LogP contribution in [-0.4, -0.2) is 53.2 Å². The Morgan fingerprint density at radius 2 is 1.89 bits per heavy atom. The minimum absolute atomic E-state index is 0.0251. The van der Waals surface area contributed by atoms with Crippen molar-refractivity contribution in [3.05, 3.63) is 22.2 Å². The Morgan fingerprint density at radius 3 is 2.37 bits per heavy atom. The summed E-state index contributed by atoms with van der Waals surface area (Å²) in [7, 11) is 0. The molecule has 2 N–H and O–H groups in total. The van der Waals surface area contributed by atoms with E-state index < -0.39 is 22.3 Å². The maximum Gasteiger partial charge on any atom is 0.322 e. The number of benzene rings is 1. The molecule has 10 heteroatoms. The lowest BCUT2D eigenvalue weighted by atomic mass is 9.90. The molecule has 1 aromatic rings. The normalized spacial score (nSPS) is 18.9. The molecule has 1 fully saturated rings. The molecule has 1 unspecified atom stereocenters. The minimum Gasteiger partial charge on any atom is -0.490 e. The van der Waals surface area contributed by atoms with Crippen LogP contribution >= 0.6 is 0 Å². The summed E-state index contributed by atoms with van der Waals surface area (Å²) in [6, 6.07) is 1.95. The quantitative estimate of drug-likeness (QED) is 0.548. The Balaban J connectivity index is 2.28. The van der Waals surface area contributed by atoms with Gasteiger partial charge in [-0.25, -0.2) is 4.79 Å². The zero-order valence-electron chi connectivity index (χ0n) is 15.5.